The Hall–Kier alpha value is -1.59. The molecule has 2 aliphatic rings. The number of halogens is 1. The minimum absolute atomic E-state index is 0.0845. The highest BCUT2D eigenvalue weighted by Crippen LogP contribution is 2.16. The molecule has 2 fully saturated rings. The van der Waals surface area contributed by atoms with Gasteiger partial charge in [0.1, 0.15) is 0 Å². The molecule has 5 nitrogen and oxygen atoms in total. The van der Waals surface area contributed by atoms with Gasteiger partial charge in [-0.2, -0.15) is 0 Å². The summed E-state index contributed by atoms with van der Waals surface area (Å²) in [7, 11) is 0. The molecule has 0 radical (unpaired) electrons. The van der Waals surface area contributed by atoms with E-state index in [0.29, 0.717) is 13.1 Å². The molecular formula is C14H16ClN3O2. The fraction of sp³-hybridized carbons (Fsp3) is 0.429. The minimum atomic E-state index is -0.479. The van der Waals surface area contributed by atoms with Crippen LogP contribution in [0.15, 0.2) is 24.3 Å². The van der Waals surface area contributed by atoms with E-state index in [1.165, 1.54) is 5.56 Å². The second kappa shape index (κ2) is 5.42. The fourth-order valence-electron chi connectivity index (χ4n) is 2.77. The molecule has 3 rings (SSSR count). The summed E-state index contributed by atoms with van der Waals surface area (Å²) >= 11 is 5.88. The van der Waals surface area contributed by atoms with E-state index < -0.39 is 11.8 Å². The van der Waals surface area contributed by atoms with E-state index in [1.54, 1.807) is 4.90 Å². The largest absolute Gasteiger partial charge is 0.346 e. The first kappa shape index (κ1) is 13.4. The number of rotatable bonds is 2. The Morgan fingerprint density at radius 3 is 2.70 bits per heavy atom. The van der Waals surface area contributed by atoms with Gasteiger partial charge in [-0.15, -0.1) is 0 Å². The van der Waals surface area contributed by atoms with Crippen LogP contribution in [-0.2, 0) is 16.1 Å². The zero-order chi connectivity index (χ0) is 14.1. The molecule has 106 valence electrons. The summed E-state index contributed by atoms with van der Waals surface area (Å²) in [5, 5.41) is 3.38. The third-order valence-electron chi connectivity index (χ3n) is 3.84. The predicted molar refractivity (Wildman–Crippen MR) is 75.2 cm³/mol. The molecule has 0 bridgehead atoms. The normalized spacial score (nSPS) is 23.4. The van der Waals surface area contributed by atoms with E-state index in [4.69, 9.17) is 11.6 Å². The molecule has 20 heavy (non-hydrogen) atoms. The smallest absolute Gasteiger partial charge is 0.312 e. The van der Waals surface area contributed by atoms with Gasteiger partial charge in [0.15, 0.2) is 0 Å². The average Bonchev–Trinajstić information content (AvgIpc) is 2.46. The van der Waals surface area contributed by atoms with Gasteiger partial charge in [-0.1, -0.05) is 23.7 Å². The SMILES string of the molecule is O=C1NCC2CN(Cc3ccc(Cl)cc3)CCN2C1=O. The van der Waals surface area contributed by atoms with Crippen molar-refractivity contribution in [2.45, 2.75) is 12.6 Å². The lowest BCUT2D eigenvalue weighted by atomic mass is 10.1. The molecule has 6 heteroatoms. The van der Waals surface area contributed by atoms with E-state index in [9.17, 15) is 9.59 Å². The van der Waals surface area contributed by atoms with Gasteiger partial charge in [0, 0.05) is 37.7 Å². The number of amides is 2. The zero-order valence-electron chi connectivity index (χ0n) is 11.0. The molecule has 1 atom stereocenters. The Labute approximate surface area is 122 Å². The first-order valence-corrected chi connectivity index (χ1v) is 7.07. The first-order valence-electron chi connectivity index (χ1n) is 6.69. The van der Waals surface area contributed by atoms with Crippen LogP contribution >= 0.6 is 11.6 Å². The van der Waals surface area contributed by atoms with Gasteiger partial charge in [0.2, 0.25) is 0 Å². The Morgan fingerprint density at radius 1 is 1.20 bits per heavy atom. The van der Waals surface area contributed by atoms with Crippen LogP contribution in [-0.4, -0.2) is 53.8 Å². The van der Waals surface area contributed by atoms with Gasteiger partial charge in [0.25, 0.3) is 0 Å². The third kappa shape index (κ3) is 2.64. The lowest BCUT2D eigenvalue weighted by Gasteiger charge is -2.43. The Balaban J connectivity index is 1.63. The highest BCUT2D eigenvalue weighted by Gasteiger charge is 2.37. The number of hydrogen-bond donors (Lipinski definition) is 1. The topological polar surface area (TPSA) is 52.7 Å². The summed E-state index contributed by atoms with van der Waals surface area (Å²) in [4.78, 5) is 27.1. The van der Waals surface area contributed by atoms with E-state index in [2.05, 4.69) is 10.2 Å². The third-order valence-corrected chi connectivity index (χ3v) is 4.09. The maximum absolute atomic E-state index is 11.7. The van der Waals surface area contributed by atoms with Crippen LogP contribution in [0.3, 0.4) is 0 Å². The molecule has 2 saturated heterocycles. The summed E-state index contributed by atoms with van der Waals surface area (Å²) < 4.78 is 0. The summed E-state index contributed by atoms with van der Waals surface area (Å²) in [5.74, 6) is -0.875. The molecule has 0 spiro atoms. The fourth-order valence-corrected chi connectivity index (χ4v) is 2.90. The lowest BCUT2D eigenvalue weighted by molar-refractivity contribution is -0.152. The Bertz CT molecular complexity index is 532. The van der Waals surface area contributed by atoms with E-state index in [-0.39, 0.29) is 6.04 Å². The summed E-state index contributed by atoms with van der Waals surface area (Å²) in [6.07, 6.45) is 0. The molecule has 1 unspecified atom stereocenters. The number of nitrogens with zero attached hydrogens (tertiary/aromatic N) is 2. The maximum atomic E-state index is 11.7. The Kier molecular flexibility index (Phi) is 3.63. The first-order chi connectivity index (χ1) is 9.63. The van der Waals surface area contributed by atoms with Crippen LogP contribution in [0.1, 0.15) is 5.56 Å². The molecule has 2 aliphatic heterocycles. The number of hydrogen-bond acceptors (Lipinski definition) is 3. The van der Waals surface area contributed by atoms with E-state index in [1.807, 2.05) is 24.3 Å². The molecule has 0 saturated carbocycles. The van der Waals surface area contributed by atoms with Gasteiger partial charge in [-0.3, -0.25) is 14.5 Å². The van der Waals surface area contributed by atoms with Gasteiger partial charge in [-0.05, 0) is 17.7 Å². The number of piperazine rings is 2. The molecular weight excluding hydrogens is 278 g/mol. The summed E-state index contributed by atoms with van der Waals surface area (Å²) in [6, 6.07) is 7.89. The van der Waals surface area contributed by atoms with Gasteiger partial charge >= 0.3 is 11.8 Å². The van der Waals surface area contributed by atoms with Crippen molar-refractivity contribution in [2.75, 3.05) is 26.2 Å². The Morgan fingerprint density at radius 2 is 1.95 bits per heavy atom. The van der Waals surface area contributed by atoms with E-state index >= 15 is 0 Å². The van der Waals surface area contributed by atoms with Gasteiger partial charge in [0.05, 0.1) is 6.04 Å². The van der Waals surface area contributed by atoms with Crippen LogP contribution in [0.2, 0.25) is 5.02 Å². The predicted octanol–water partition coefficient (Wildman–Crippen LogP) is 0.483. The van der Waals surface area contributed by atoms with Crippen LogP contribution in [0.25, 0.3) is 0 Å². The number of carbonyl (C=O) groups is 2. The van der Waals surface area contributed by atoms with Crippen molar-refractivity contribution < 1.29 is 9.59 Å². The van der Waals surface area contributed by atoms with Crippen LogP contribution in [0.5, 0.6) is 0 Å². The van der Waals surface area contributed by atoms with E-state index in [0.717, 1.165) is 24.7 Å². The quantitative estimate of drug-likeness (QED) is 0.807. The minimum Gasteiger partial charge on any atom is -0.346 e. The highest BCUT2D eigenvalue weighted by atomic mass is 35.5. The van der Waals surface area contributed by atoms with Crippen molar-refractivity contribution in [3.8, 4) is 0 Å². The monoisotopic (exact) mass is 293 g/mol. The molecule has 1 aromatic rings. The standard InChI is InChI=1S/C14H16ClN3O2/c15-11-3-1-10(2-4-11)8-17-5-6-18-12(9-17)7-16-13(19)14(18)20/h1-4,12H,5-9H2,(H,16,19). The van der Waals surface area contributed by atoms with Crippen molar-refractivity contribution in [2.24, 2.45) is 0 Å². The van der Waals surface area contributed by atoms with Gasteiger partial charge in [-0.25, -0.2) is 0 Å². The maximum Gasteiger partial charge on any atom is 0.312 e. The van der Waals surface area contributed by atoms with Crippen molar-refractivity contribution in [3.05, 3.63) is 34.9 Å². The molecule has 0 aromatic heterocycles. The number of carbonyl (C=O) groups excluding carboxylic acids is 2. The number of benzene rings is 1. The summed E-state index contributed by atoms with van der Waals surface area (Å²) in [6.45, 7) is 3.57. The lowest BCUT2D eigenvalue weighted by Crippen LogP contribution is -2.65. The van der Waals surface area contributed by atoms with Crippen molar-refractivity contribution >= 4 is 23.4 Å². The number of fused-ring (bicyclic) bond motifs is 1. The van der Waals surface area contributed by atoms with Crippen molar-refractivity contribution in [1.82, 2.24) is 15.1 Å². The second-order valence-corrected chi connectivity index (χ2v) is 5.66. The van der Waals surface area contributed by atoms with Crippen LogP contribution < -0.4 is 5.32 Å². The average molecular weight is 294 g/mol. The molecule has 1 N–H and O–H groups in total. The van der Waals surface area contributed by atoms with Crippen LogP contribution in [0, 0.1) is 0 Å². The molecule has 0 aliphatic carbocycles. The molecule has 2 heterocycles. The number of nitrogens with one attached hydrogen (secondary N) is 1. The van der Waals surface area contributed by atoms with Crippen molar-refractivity contribution in [3.63, 3.8) is 0 Å². The second-order valence-electron chi connectivity index (χ2n) is 5.22. The van der Waals surface area contributed by atoms with Gasteiger partial charge < -0.3 is 10.2 Å². The highest BCUT2D eigenvalue weighted by molar-refractivity contribution is 6.35. The molecule has 2 amide bonds. The van der Waals surface area contributed by atoms with Crippen LogP contribution in [0.4, 0.5) is 0 Å². The summed E-state index contributed by atoms with van der Waals surface area (Å²) in [5.41, 5.74) is 1.20. The van der Waals surface area contributed by atoms with Crippen molar-refractivity contribution in [1.29, 1.82) is 0 Å². The molecule has 1 aromatic carbocycles. The zero-order valence-corrected chi connectivity index (χ0v) is 11.8.